The summed E-state index contributed by atoms with van der Waals surface area (Å²) in [4.78, 5) is 140. The molecule has 7 amide bonds. The number of nitrogens with two attached hydrogens (primary N) is 2. The Hall–Kier alpha value is -7.89. The molecule has 13 N–H and O–H groups in total. The second-order valence-corrected chi connectivity index (χ2v) is 19.5. The normalized spacial score (nSPS) is 27.0. The van der Waals surface area contributed by atoms with Gasteiger partial charge in [-0.3, -0.25) is 43.3 Å². The maximum Gasteiger partial charge on any atom is 0.327 e. The van der Waals surface area contributed by atoms with Crippen molar-refractivity contribution in [2.24, 2.45) is 40.1 Å². The van der Waals surface area contributed by atoms with Gasteiger partial charge < -0.3 is 68.3 Å². The van der Waals surface area contributed by atoms with Gasteiger partial charge in [0.25, 0.3) is 5.91 Å². The van der Waals surface area contributed by atoms with Crippen LogP contribution in [0.3, 0.4) is 0 Å². The van der Waals surface area contributed by atoms with E-state index in [0.717, 1.165) is 10.5 Å². The number of ether oxygens (including phenoxy) is 1. The van der Waals surface area contributed by atoms with Gasteiger partial charge in [0.1, 0.15) is 42.0 Å². The number of nitrogens with one attached hydrogen (secondary N) is 6. The number of carboxylic acid groups (broad SMARTS) is 2. The number of aliphatic imine (C=N–C) groups is 1. The van der Waals surface area contributed by atoms with E-state index in [2.05, 4.69) is 43.5 Å². The molecule has 1 saturated heterocycles. The SMILES string of the molecule is C=C1C(=O)N[C@H](C)C(=O)N[C@@H](C[C@H]2C=C[C@H](O)CC2)C(=O)N[C@@H](C(=O)O)[C@H](C)C(=O)N[C@@H](CCCN=C(N)N)C(=O)N[C@@H](/C=C/C(C)=C/[C@H](C)[C@H](Cc2ccccc2)OC(C)=O)[C@H](C)C(=O)N[C@@H](C(=O)O)CCC(=O)N1C. The Morgan fingerprint density at radius 1 is 0.818 bits per heavy atom. The first-order valence-electron chi connectivity index (χ1n) is 25.4. The molecule has 0 radical (unpaired) electrons. The highest BCUT2D eigenvalue weighted by Crippen LogP contribution is 2.23. The van der Waals surface area contributed by atoms with Crippen LogP contribution < -0.4 is 43.4 Å². The van der Waals surface area contributed by atoms with Crippen molar-refractivity contribution in [3.63, 3.8) is 0 Å². The summed E-state index contributed by atoms with van der Waals surface area (Å²) in [6.45, 7) is 12.4. The average molecular weight is 1080 g/mol. The Kier molecular flexibility index (Phi) is 25.2. The molecule has 1 aliphatic carbocycles. The van der Waals surface area contributed by atoms with E-state index in [0.29, 0.717) is 24.8 Å². The van der Waals surface area contributed by atoms with Crippen molar-refractivity contribution in [1.29, 1.82) is 0 Å². The summed E-state index contributed by atoms with van der Waals surface area (Å²) < 4.78 is 5.68. The molecule has 1 aliphatic heterocycles. The number of benzene rings is 1. The standard InChI is InChI=1S/C53H76N10O14/c1-28(25-29(2)42(77-34(7)64)27-35-13-10-9-11-14-35)16-21-38-30(3)45(67)60-40(51(73)74)22-23-43(66)63(8)33(6)48(70)57-32(5)47(69)61-41(26-36-17-19-37(65)20-18-36)50(72)62-44(52(75)76)31(4)46(68)59-39(49(71)58-38)15-12-24-56-53(54)55/h9-11,13-14,16-17,19,21,25,29-32,36-42,44,65H,6,12,15,18,20,22-24,26-27H2,1-5,7-8H3,(H,57,70)(H,58,71)(H,59,68)(H,60,67)(H,61,69)(H,62,72)(H,73,74)(H,75,76)(H4,54,55,56)/b21-16+,28-25+/t29-,30-,31-,32+,36-,37-,38-,39-,40+,41-,42-,44+/m0/s1. The number of hydrogen-bond acceptors (Lipinski definition) is 13. The second-order valence-electron chi connectivity index (χ2n) is 19.5. The molecule has 24 heteroatoms. The Morgan fingerprint density at radius 2 is 1.45 bits per heavy atom. The fraction of sp³-hybridized carbons (Fsp3) is 0.528. The Balaban J connectivity index is 2.15. The minimum Gasteiger partial charge on any atom is -0.480 e. The number of guanidine groups is 1. The largest absolute Gasteiger partial charge is 0.480 e. The zero-order valence-electron chi connectivity index (χ0n) is 44.7. The third-order valence-electron chi connectivity index (χ3n) is 13.2. The fourth-order valence-corrected chi connectivity index (χ4v) is 8.41. The van der Waals surface area contributed by atoms with Gasteiger partial charge in [0, 0.05) is 39.3 Å². The summed E-state index contributed by atoms with van der Waals surface area (Å²) in [7, 11) is 1.19. The van der Waals surface area contributed by atoms with E-state index >= 15 is 0 Å². The van der Waals surface area contributed by atoms with E-state index in [1.807, 2.05) is 43.3 Å². The average Bonchev–Trinajstić information content (AvgIpc) is 3.37. The molecule has 77 heavy (non-hydrogen) atoms. The number of carbonyl (C=O) groups is 10. The van der Waals surface area contributed by atoms with Crippen molar-refractivity contribution in [2.45, 2.75) is 141 Å². The zero-order chi connectivity index (χ0) is 57.7. The Morgan fingerprint density at radius 3 is 2.05 bits per heavy atom. The first kappa shape index (κ1) is 63.4. The number of hydrogen-bond donors (Lipinski definition) is 11. The molecule has 1 aromatic carbocycles. The molecule has 0 aromatic heterocycles. The summed E-state index contributed by atoms with van der Waals surface area (Å²) in [5.74, 6) is -14.0. The highest BCUT2D eigenvalue weighted by atomic mass is 16.5. The first-order chi connectivity index (χ1) is 36.2. The van der Waals surface area contributed by atoms with Crippen LogP contribution in [0.2, 0.25) is 0 Å². The fourth-order valence-electron chi connectivity index (χ4n) is 8.41. The predicted molar refractivity (Wildman–Crippen MR) is 282 cm³/mol. The number of carboxylic acids is 2. The third kappa shape index (κ3) is 21.0. The number of aliphatic carboxylic acids is 2. The lowest BCUT2D eigenvalue weighted by Gasteiger charge is -2.29. The maximum absolute atomic E-state index is 14.5. The van der Waals surface area contributed by atoms with Crippen molar-refractivity contribution in [3.8, 4) is 0 Å². The van der Waals surface area contributed by atoms with Crippen LogP contribution in [0.5, 0.6) is 0 Å². The van der Waals surface area contributed by atoms with Crippen LogP contribution in [-0.4, -0.2) is 147 Å². The third-order valence-corrected chi connectivity index (χ3v) is 13.2. The second kappa shape index (κ2) is 30.6. The van der Waals surface area contributed by atoms with Crippen LogP contribution in [0.25, 0.3) is 0 Å². The number of aliphatic hydroxyl groups excluding tert-OH is 1. The number of aliphatic hydroxyl groups is 1. The summed E-state index contributed by atoms with van der Waals surface area (Å²) in [5, 5.41) is 45.7. The van der Waals surface area contributed by atoms with Gasteiger partial charge in [-0.15, -0.1) is 0 Å². The molecule has 2 aliphatic rings. The summed E-state index contributed by atoms with van der Waals surface area (Å²) in [6.07, 6.45) is 6.63. The van der Waals surface area contributed by atoms with Crippen LogP contribution in [0.4, 0.5) is 0 Å². The Labute approximate surface area is 448 Å². The molecule has 3 rings (SSSR count). The van der Waals surface area contributed by atoms with Gasteiger partial charge in [0.15, 0.2) is 5.96 Å². The number of allylic oxidation sites excluding steroid dienone is 3. The number of esters is 1. The van der Waals surface area contributed by atoms with Crippen LogP contribution >= 0.6 is 0 Å². The van der Waals surface area contributed by atoms with Crippen molar-refractivity contribution < 1.29 is 68.0 Å². The molecule has 0 saturated carbocycles. The summed E-state index contributed by atoms with van der Waals surface area (Å²) in [5.41, 5.74) is 12.1. The smallest absolute Gasteiger partial charge is 0.327 e. The molecule has 0 bridgehead atoms. The lowest BCUT2D eigenvalue weighted by atomic mass is 9.88. The quantitative estimate of drug-likeness (QED) is 0.0213. The van der Waals surface area contributed by atoms with E-state index in [9.17, 15) is 63.3 Å². The van der Waals surface area contributed by atoms with Crippen LogP contribution in [0.1, 0.15) is 92.1 Å². The van der Waals surface area contributed by atoms with Crippen molar-refractivity contribution >= 4 is 65.2 Å². The molecule has 24 nitrogen and oxygen atoms in total. The highest BCUT2D eigenvalue weighted by molar-refractivity contribution is 6.00. The van der Waals surface area contributed by atoms with Crippen LogP contribution in [0, 0.1) is 23.7 Å². The van der Waals surface area contributed by atoms with Crippen molar-refractivity contribution in [3.05, 3.63) is 84.1 Å². The minimum atomic E-state index is -1.95. The molecule has 1 aromatic rings. The first-order valence-corrected chi connectivity index (χ1v) is 25.4. The maximum atomic E-state index is 14.5. The van der Waals surface area contributed by atoms with E-state index in [1.54, 1.807) is 19.1 Å². The number of carbonyl (C=O) groups excluding carboxylic acids is 8. The predicted octanol–water partition coefficient (Wildman–Crippen LogP) is 0.206. The van der Waals surface area contributed by atoms with E-state index in [1.165, 1.54) is 46.9 Å². The molecule has 0 unspecified atom stereocenters. The van der Waals surface area contributed by atoms with Gasteiger partial charge in [0.2, 0.25) is 35.4 Å². The number of rotatable bonds is 15. The summed E-state index contributed by atoms with van der Waals surface area (Å²) in [6, 6.07) is 0.172. The molecule has 12 atom stereocenters. The summed E-state index contributed by atoms with van der Waals surface area (Å²) >= 11 is 0. The van der Waals surface area contributed by atoms with Gasteiger partial charge >= 0.3 is 17.9 Å². The molecule has 0 spiro atoms. The molecule has 422 valence electrons. The van der Waals surface area contributed by atoms with Crippen molar-refractivity contribution in [2.75, 3.05) is 13.6 Å². The van der Waals surface area contributed by atoms with Gasteiger partial charge in [-0.05, 0) is 63.9 Å². The molecular weight excluding hydrogens is 1000 g/mol. The Bertz CT molecular complexity index is 2440. The monoisotopic (exact) mass is 1080 g/mol. The van der Waals surface area contributed by atoms with Gasteiger partial charge in [0.05, 0.1) is 24.0 Å². The number of amides is 7. The van der Waals surface area contributed by atoms with E-state index in [4.69, 9.17) is 16.2 Å². The number of likely N-dealkylation sites (N-methyl/N-ethyl adjacent to an activating group) is 1. The van der Waals surface area contributed by atoms with Gasteiger partial charge in [-0.25, -0.2) is 9.59 Å². The van der Waals surface area contributed by atoms with Crippen LogP contribution in [0.15, 0.2) is 83.6 Å². The zero-order valence-corrected chi connectivity index (χ0v) is 44.7. The van der Waals surface area contributed by atoms with Crippen LogP contribution in [-0.2, 0) is 59.1 Å². The minimum absolute atomic E-state index is 0.0121. The molecular formula is C53H76N10O14. The van der Waals surface area contributed by atoms with E-state index in [-0.39, 0.29) is 37.7 Å². The van der Waals surface area contributed by atoms with Gasteiger partial charge in [-0.1, -0.05) is 93.6 Å². The topological polar surface area (TPSA) is 380 Å². The molecule has 1 fully saturated rings. The van der Waals surface area contributed by atoms with Gasteiger partial charge in [-0.2, -0.15) is 0 Å². The lowest BCUT2D eigenvalue weighted by Crippen LogP contribution is -2.59. The van der Waals surface area contributed by atoms with Crippen molar-refractivity contribution in [1.82, 2.24) is 36.8 Å². The van der Waals surface area contributed by atoms with E-state index < -0.39 is 144 Å². The number of nitrogens with zero attached hydrogens (tertiary/aromatic N) is 2. The lowest BCUT2D eigenvalue weighted by molar-refractivity contribution is -0.148. The molecule has 1 heterocycles. The highest BCUT2D eigenvalue weighted by Gasteiger charge is 2.38.